The summed E-state index contributed by atoms with van der Waals surface area (Å²) in [5.74, 6) is 0.104. The molecule has 0 saturated heterocycles. The molecule has 2 aromatic carbocycles. The first-order valence-corrected chi connectivity index (χ1v) is 10.8. The van der Waals surface area contributed by atoms with Gasteiger partial charge in [-0.25, -0.2) is 13.1 Å². The monoisotopic (exact) mass is 431 g/mol. The van der Waals surface area contributed by atoms with Gasteiger partial charge >= 0.3 is 0 Å². The van der Waals surface area contributed by atoms with Crippen molar-refractivity contribution < 1.29 is 22.7 Å². The van der Waals surface area contributed by atoms with Crippen LogP contribution < -0.4 is 20.1 Å². The van der Waals surface area contributed by atoms with Gasteiger partial charge in [0.1, 0.15) is 5.75 Å². The van der Waals surface area contributed by atoms with E-state index in [0.717, 1.165) is 0 Å². The Morgan fingerprint density at radius 1 is 0.967 bits per heavy atom. The Balaban J connectivity index is 1.76. The van der Waals surface area contributed by atoms with Crippen LogP contribution >= 0.6 is 0 Å². The second kappa shape index (κ2) is 11.1. The number of methoxy groups -OCH3 is 1. The zero-order valence-corrected chi connectivity index (χ0v) is 17.7. The smallest absolute Gasteiger partial charge is 0.251 e. The van der Waals surface area contributed by atoms with Crippen LogP contribution in [0, 0.1) is 0 Å². The Hall–Kier alpha value is -3.17. The molecule has 8 nitrogen and oxygen atoms in total. The summed E-state index contributed by atoms with van der Waals surface area (Å²) >= 11 is 0. The molecule has 0 bridgehead atoms. The maximum Gasteiger partial charge on any atom is 0.251 e. The van der Waals surface area contributed by atoms with Crippen molar-refractivity contribution in [2.45, 2.75) is 11.8 Å². The first-order valence-electron chi connectivity index (χ1n) is 9.33. The normalized spacial score (nSPS) is 11.3. The number of hydrogen-bond donors (Lipinski definition) is 3. The van der Waals surface area contributed by atoms with Crippen molar-refractivity contribution in [2.24, 2.45) is 0 Å². The highest BCUT2D eigenvalue weighted by Gasteiger charge is 2.11. The van der Waals surface area contributed by atoms with Crippen LogP contribution in [0.25, 0.3) is 6.08 Å². The molecule has 0 fully saturated rings. The summed E-state index contributed by atoms with van der Waals surface area (Å²) in [6.07, 6.45) is 2.92. The summed E-state index contributed by atoms with van der Waals surface area (Å²) in [6.45, 7) is 2.56. The van der Waals surface area contributed by atoms with Crippen molar-refractivity contribution in [1.82, 2.24) is 15.4 Å². The lowest BCUT2D eigenvalue weighted by atomic mass is 10.2. The second-order valence-corrected chi connectivity index (χ2v) is 7.95. The van der Waals surface area contributed by atoms with Gasteiger partial charge in [0.2, 0.25) is 15.9 Å². The standard InChI is InChI=1S/C21H25N3O5S/c1-3-24-30(27,28)19-11-4-16(5-12-19)6-13-20(25)22-14-15-23-21(26)17-7-9-18(29-2)10-8-17/h4-13,24H,3,14-15H2,1-2H3,(H,22,25)(H,23,26). The minimum Gasteiger partial charge on any atom is -0.497 e. The Bertz CT molecular complexity index is 984. The van der Waals surface area contributed by atoms with Gasteiger partial charge in [0, 0.05) is 31.3 Å². The minimum atomic E-state index is -3.50. The molecular weight excluding hydrogens is 406 g/mol. The Kier molecular flexibility index (Phi) is 8.57. The van der Waals surface area contributed by atoms with Crippen LogP contribution in [0.2, 0.25) is 0 Å². The van der Waals surface area contributed by atoms with E-state index >= 15 is 0 Å². The average molecular weight is 432 g/mol. The van der Waals surface area contributed by atoms with E-state index in [1.54, 1.807) is 56.5 Å². The molecule has 2 rings (SSSR count). The van der Waals surface area contributed by atoms with Crippen LogP contribution in [0.15, 0.2) is 59.5 Å². The fourth-order valence-electron chi connectivity index (χ4n) is 2.47. The van der Waals surface area contributed by atoms with E-state index < -0.39 is 10.0 Å². The molecule has 160 valence electrons. The van der Waals surface area contributed by atoms with Crippen molar-refractivity contribution in [3.05, 3.63) is 65.7 Å². The molecule has 2 amide bonds. The van der Waals surface area contributed by atoms with Gasteiger partial charge in [-0.2, -0.15) is 0 Å². The van der Waals surface area contributed by atoms with Crippen LogP contribution in [0.5, 0.6) is 5.75 Å². The number of hydrogen-bond acceptors (Lipinski definition) is 5. The summed E-state index contributed by atoms with van der Waals surface area (Å²) in [4.78, 5) is 24.1. The lowest BCUT2D eigenvalue weighted by molar-refractivity contribution is -0.116. The summed E-state index contributed by atoms with van der Waals surface area (Å²) in [7, 11) is -1.95. The molecule has 0 aromatic heterocycles. The Labute approximate surface area is 176 Å². The predicted octanol–water partition coefficient (Wildman–Crippen LogP) is 1.55. The molecular formula is C21H25N3O5S. The lowest BCUT2D eigenvalue weighted by Gasteiger charge is -2.06. The molecule has 30 heavy (non-hydrogen) atoms. The zero-order chi connectivity index (χ0) is 22.0. The van der Waals surface area contributed by atoms with Crippen LogP contribution in [-0.4, -0.2) is 47.0 Å². The number of benzene rings is 2. The van der Waals surface area contributed by atoms with E-state index in [9.17, 15) is 18.0 Å². The highest BCUT2D eigenvalue weighted by molar-refractivity contribution is 7.89. The number of carbonyl (C=O) groups excluding carboxylic acids is 2. The average Bonchev–Trinajstić information content (AvgIpc) is 2.75. The first-order chi connectivity index (χ1) is 14.4. The van der Waals surface area contributed by atoms with Gasteiger partial charge in [-0.15, -0.1) is 0 Å². The molecule has 0 unspecified atom stereocenters. The molecule has 0 aliphatic carbocycles. The lowest BCUT2D eigenvalue weighted by Crippen LogP contribution is -2.33. The van der Waals surface area contributed by atoms with E-state index in [1.165, 1.54) is 18.2 Å². The van der Waals surface area contributed by atoms with Crippen LogP contribution in [0.3, 0.4) is 0 Å². The maximum absolute atomic E-state index is 12.0. The molecule has 0 heterocycles. The summed E-state index contributed by atoms with van der Waals surface area (Å²) in [5.41, 5.74) is 1.19. The van der Waals surface area contributed by atoms with Gasteiger partial charge < -0.3 is 15.4 Å². The molecule has 0 radical (unpaired) electrons. The third kappa shape index (κ3) is 7.02. The summed E-state index contributed by atoms with van der Waals surface area (Å²) in [5, 5.41) is 5.38. The fraction of sp³-hybridized carbons (Fsp3) is 0.238. The second-order valence-electron chi connectivity index (χ2n) is 6.18. The van der Waals surface area contributed by atoms with Gasteiger partial charge in [-0.05, 0) is 48.0 Å². The number of sulfonamides is 1. The van der Waals surface area contributed by atoms with E-state index in [2.05, 4.69) is 15.4 Å². The molecule has 9 heteroatoms. The van der Waals surface area contributed by atoms with Crippen LogP contribution in [-0.2, 0) is 14.8 Å². The molecule has 0 aliphatic rings. The van der Waals surface area contributed by atoms with Gasteiger partial charge in [0.25, 0.3) is 5.91 Å². The maximum atomic E-state index is 12.0. The van der Waals surface area contributed by atoms with Crippen molar-refractivity contribution >= 4 is 27.9 Å². The zero-order valence-electron chi connectivity index (χ0n) is 16.8. The number of amides is 2. The number of rotatable bonds is 10. The number of nitrogens with one attached hydrogen (secondary N) is 3. The minimum absolute atomic E-state index is 0.165. The van der Waals surface area contributed by atoms with Gasteiger partial charge in [-0.3, -0.25) is 9.59 Å². The Morgan fingerprint density at radius 3 is 2.20 bits per heavy atom. The van der Waals surface area contributed by atoms with Crippen LogP contribution in [0.1, 0.15) is 22.8 Å². The predicted molar refractivity (Wildman–Crippen MR) is 115 cm³/mol. The van der Waals surface area contributed by atoms with Crippen molar-refractivity contribution in [1.29, 1.82) is 0 Å². The highest BCUT2D eigenvalue weighted by atomic mass is 32.2. The van der Waals surface area contributed by atoms with E-state index in [1.807, 2.05) is 0 Å². The molecule has 0 atom stereocenters. The number of carbonyl (C=O) groups is 2. The fourth-order valence-corrected chi connectivity index (χ4v) is 3.51. The topological polar surface area (TPSA) is 114 Å². The van der Waals surface area contributed by atoms with Crippen LogP contribution in [0.4, 0.5) is 0 Å². The third-order valence-electron chi connectivity index (χ3n) is 4.01. The third-order valence-corrected chi connectivity index (χ3v) is 5.58. The van der Waals surface area contributed by atoms with Gasteiger partial charge in [0.05, 0.1) is 12.0 Å². The quantitative estimate of drug-likeness (QED) is 0.390. The number of ether oxygens (including phenoxy) is 1. The first kappa shape index (κ1) is 23.1. The van der Waals surface area contributed by atoms with Crippen molar-refractivity contribution in [3.8, 4) is 5.75 Å². The molecule has 0 spiro atoms. The summed E-state index contributed by atoms with van der Waals surface area (Å²) in [6, 6.07) is 12.9. The molecule has 0 aliphatic heterocycles. The highest BCUT2D eigenvalue weighted by Crippen LogP contribution is 2.12. The molecule has 3 N–H and O–H groups in total. The SMILES string of the molecule is CCNS(=O)(=O)c1ccc(C=CC(=O)NCCNC(=O)c2ccc(OC)cc2)cc1. The van der Waals surface area contributed by atoms with E-state index in [0.29, 0.717) is 23.4 Å². The van der Waals surface area contributed by atoms with Crippen molar-refractivity contribution in [3.63, 3.8) is 0 Å². The molecule has 0 saturated carbocycles. The van der Waals surface area contributed by atoms with Gasteiger partial charge in [0.15, 0.2) is 0 Å². The van der Waals surface area contributed by atoms with Gasteiger partial charge in [-0.1, -0.05) is 19.1 Å². The van der Waals surface area contributed by atoms with E-state index in [-0.39, 0.29) is 29.8 Å². The van der Waals surface area contributed by atoms with E-state index in [4.69, 9.17) is 4.74 Å². The largest absolute Gasteiger partial charge is 0.497 e. The Morgan fingerprint density at radius 2 is 1.60 bits per heavy atom. The van der Waals surface area contributed by atoms with Crippen molar-refractivity contribution in [2.75, 3.05) is 26.7 Å². The summed E-state index contributed by atoms with van der Waals surface area (Å²) < 4.78 is 31.2. The molecule has 2 aromatic rings.